The molecular formula is C17H17ClN4OS. The Morgan fingerprint density at radius 2 is 2.29 bits per heavy atom. The van der Waals surface area contributed by atoms with Gasteiger partial charge in [-0.2, -0.15) is 5.10 Å². The molecule has 1 N–H and O–H groups in total. The summed E-state index contributed by atoms with van der Waals surface area (Å²) in [6.45, 7) is 0.609. The fourth-order valence-electron chi connectivity index (χ4n) is 2.32. The quantitative estimate of drug-likeness (QED) is 0.684. The van der Waals surface area contributed by atoms with Gasteiger partial charge in [0.15, 0.2) is 0 Å². The van der Waals surface area contributed by atoms with Crippen LogP contribution in [0.5, 0.6) is 0 Å². The van der Waals surface area contributed by atoms with E-state index in [1.807, 2.05) is 43.7 Å². The summed E-state index contributed by atoms with van der Waals surface area (Å²) >= 11 is 7.43. The van der Waals surface area contributed by atoms with Crippen LogP contribution in [0, 0.1) is 0 Å². The van der Waals surface area contributed by atoms with Crippen LogP contribution in [-0.4, -0.2) is 27.2 Å². The van der Waals surface area contributed by atoms with Gasteiger partial charge in [0.1, 0.15) is 10.7 Å². The SMILES string of the molecule is Cn1cc(CCCNC(=O)c2csc(-c3cccc(Cl)c3)n2)cn1. The molecule has 0 aliphatic carbocycles. The Morgan fingerprint density at radius 3 is 3.04 bits per heavy atom. The highest BCUT2D eigenvalue weighted by molar-refractivity contribution is 7.13. The lowest BCUT2D eigenvalue weighted by Crippen LogP contribution is -2.25. The van der Waals surface area contributed by atoms with E-state index < -0.39 is 0 Å². The number of aromatic nitrogens is 3. The Hall–Kier alpha value is -2.18. The normalized spacial score (nSPS) is 10.8. The maximum absolute atomic E-state index is 12.2. The average molecular weight is 361 g/mol. The molecule has 7 heteroatoms. The van der Waals surface area contributed by atoms with E-state index >= 15 is 0 Å². The van der Waals surface area contributed by atoms with Crippen LogP contribution in [0.4, 0.5) is 0 Å². The summed E-state index contributed by atoms with van der Waals surface area (Å²) in [5.74, 6) is -0.147. The molecule has 0 aliphatic rings. The molecule has 0 saturated carbocycles. The van der Waals surface area contributed by atoms with Crippen molar-refractivity contribution in [2.75, 3.05) is 6.54 Å². The Morgan fingerprint density at radius 1 is 1.42 bits per heavy atom. The first-order valence-corrected chi connectivity index (χ1v) is 8.85. The summed E-state index contributed by atoms with van der Waals surface area (Å²) in [6, 6.07) is 7.46. The molecule has 0 fully saturated rings. The van der Waals surface area contributed by atoms with Gasteiger partial charge in [-0.1, -0.05) is 23.7 Å². The number of thiazole rings is 1. The number of carbonyl (C=O) groups excluding carboxylic acids is 1. The Labute approximate surface area is 149 Å². The predicted molar refractivity (Wildman–Crippen MR) is 96.4 cm³/mol. The van der Waals surface area contributed by atoms with Crippen molar-refractivity contribution >= 4 is 28.8 Å². The molecule has 1 amide bonds. The standard InChI is InChI=1S/C17H17ClN4OS/c1-22-10-12(9-20-22)4-3-7-19-16(23)15-11-24-17(21-15)13-5-2-6-14(18)8-13/h2,5-6,8-11H,3-4,7H2,1H3,(H,19,23). The number of amides is 1. The molecule has 0 saturated heterocycles. The second-order valence-corrected chi connectivity index (χ2v) is 6.72. The van der Waals surface area contributed by atoms with E-state index in [0.29, 0.717) is 17.3 Å². The first-order chi connectivity index (χ1) is 11.6. The van der Waals surface area contributed by atoms with Crippen LogP contribution in [0.25, 0.3) is 10.6 Å². The number of aryl methyl sites for hydroxylation is 2. The van der Waals surface area contributed by atoms with E-state index in [1.165, 1.54) is 16.9 Å². The topological polar surface area (TPSA) is 59.8 Å². The highest BCUT2D eigenvalue weighted by atomic mass is 35.5. The lowest BCUT2D eigenvalue weighted by atomic mass is 10.2. The zero-order valence-corrected chi connectivity index (χ0v) is 14.8. The molecule has 0 unspecified atom stereocenters. The van der Waals surface area contributed by atoms with Gasteiger partial charge in [0.05, 0.1) is 6.20 Å². The molecule has 1 aromatic carbocycles. The maximum atomic E-state index is 12.2. The van der Waals surface area contributed by atoms with Crippen LogP contribution in [0.3, 0.4) is 0 Å². The van der Waals surface area contributed by atoms with Crippen LogP contribution in [-0.2, 0) is 13.5 Å². The van der Waals surface area contributed by atoms with E-state index in [-0.39, 0.29) is 5.91 Å². The minimum Gasteiger partial charge on any atom is -0.351 e. The molecule has 3 rings (SSSR count). The smallest absolute Gasteiger partial charge is 0.270 e. The molecule has 0 spiro atoms. The van der Waals surface area contributed by atoms with E-state index in [4.69, 9.17) is 11.6 Å². The molecule has 3 aromatic rings. The summed E-state index contributed by atoms with van der Waals surface area (Å²) in [7, 11) is 1.89. The van der Waals surface area contributed by atoms with Crippen molar-refractivity contribution < 1.29 is 4.79 Å². The molecule has 0 bridgehead atoms. The molecule has 5 nitrogen and oxygen atoms in total. The molecule has 2 heterocycles. The van der Waals surface area contributed by atoms with Crippen LogP contribution < -0.4 is 5.32 Å². The number of halogens is 1. The number of carbonyl (C=O) groups is 1. The van der Waals surface area contributed by atoms with Crippen molar-refractivity contribution in [3.05, 3.63) is 58.3 Å². The Kier molecular flexibility index (Phi) is 5.27. The van der Waals surface area contributed by atoms with Gasteiger partial charge < -0.3 is 5.32 Å². The summed E-state index contributed by atoms with van der Waals surface area (Å²) in [6.07, 6.45) is 5.58. The zero-order chi connectivity index (χ0) is 16.9. The highest BCUT2D eigenvalue weighted by Gasteiger charge is 2.11. The second kappa shape index (κ2) is 7.59. The number of benzene rings is 1. The van der Waals surface area contributed by atoms with Crippen LogP contribution >= 0.6 is 22.9 Å². The Balaban J connectivity index is 1.52. The number of nitrogens with one attached hydrogen (secondary N) is 1. The lowest BCUT2D eigenvalue weighted by Gasteiger charge is -2.02. The van der Waals surface area contributed by atoms with Crippen molar-refractivity contribution in [2.24, 2.45) is 7.05 Å². The van der Waals surface area contributed by atoms with Gasteiger partial charge in [0.25, 0.3) is 5.91 Å². The van der Waals surface area contributed by atoms with Crippen molar-refractivity contribution in [1.29, 1.82) is 0 Å². The molecule has 2 aromatic heterocycles. The average Bonchev–Trinajstić information content (AvgIpc) is 3.20. The fraction of sp³-hybridized carbons (Fsp3) is 0.235. The summed E-state index contributed by atoms with van der Waals surface area (Å²) in [5.41, 5.74) is 2.53. The molecule has 0 radical (unpaired) electrons. The minimum atomic E-state index is -0.147. The van der Waals surface area contributed by atoms with Gasteiger partial charge in [0, 0.05) is 35.8 Å². The molecule has 0 atom stereocenters. The fourth-order valence-corrected chi connectivity index (χ4v) is 3.31. The van der Waals surface area contributed by atoms with Crippen LogP contribution in [0.2, 0.25) is 5.02 Å². The largest absolute Gasteiger partial charge is 0.351 e. The number of nitrogens with zero attached hydrogens (tertiary/aromatic N) is 3. The third kappa shape index (κ3) is 4.21. The number of hydrogen-bond donors (Lipinski definition) is 1. The monoisotopic (exact) mass is 360 g/mol. The van der Waals surface area contributed by atoms with Gasteiger partial charge in [0.2, 0.25) is 0 Å². The van der Waals surface area contributed by atoms with E-state index in [0.717, 1.165) is 23.4 Å². The molecular weight excluding hydrogens is 344 g/mol. The summed E-state index contributed by atoms with van der Waals surface area (Å²) in [4.78, 5) is 16.6. The summed E-state index contributed by atoms with van der Waals surface area (Å²) in [5, 5.41) is 10.2. The van der Waals surface area contributed by atoms with Crippen LogP contribution in [0.15, 0.2) is 42.0 Å². The zero-order valence-electron chi connectivity index (χ0n) is 13.2. The van der Waals surface area contributed by atoms with Gasteiger partial charge in [-0.05, 0) is 30.5 Å². The predicted octanol–water partition coefficient (Wildman–Crippen LogP) is 3.56. The van der Waals surface area contributed by atoms with Gasteiger partial charge in [-0.25, -0.2) is 4.98 Å². The van der Waals surface area contributed by atoms with Crippen LogP contribution in [0.1, 0.15) is 22.5 Å². The molecule has 24 heavy (non-hydrogen) atoms. The maximum Gasteiger partial charge on any atom is 0.270 e. The highest BCUT2D eigenvalue weighted by Crippen LogP contribution is 2.25. The van der Waals surface area contributed by atoms with E-state index in [2.05, 4.69) is 15.4 Å². The Bertz CT molecular complexity index is 842. The second-order valence-electron chi connectivity index (χ2n) is 5.43. The first-order valence-electron chi connectivity index (χ1n) is 7.59. The molecule has 0 aliphatic heterocycles. The van der Waals surface area contributed by atoms with Gasteiger partial charge >= 0.3 is 0 Å². The number of hydrogen-bond acceptors (Lipinski definition) is 4. The first kappa shape index (κ1) is 16.7. The van der Waals surface area contributed by atoms with Crippen molar-refractivity contribution in [3.63, 3.8) is 0 Å². The van der Waals surface area contributed by atoms with Crippen molar-refractivity contribution in [3.8, 4) is 10.6 Å². The van der Waals surface area contributed by atoms with E-state index in [1.54, 1.807) is 10.1 Å². The minimum absolute atomic E-state index is 0.147. The summed E-state index contributed by atoms with van der Waals surface area (Å²) < 4.78 is 1.78. The molecule has 124 valence electrons. The van der Waals surface area contributed by atoms with E-state index in [9.17, 15) is 4.79 Å². The van der Waals surface area contributed by atoms with Crippen molar-refractivity contribution in [2.45, 2.75) is 12.8 Å². The number of rotatable bonds is 6. The lowest BCUT2D eigenvalue weighted by molar-refractivity contribution is 0.0949. The third-order valence-electron chi connectivity index (χ3n) is 3.49. The van der Waals surface area contributed by atoms with Gasteiger partial charge in [-0.3, -0.25) is 9.48 Å². The van der Waals surface area contributed by atoms with Crippen molar-refractivity contribution in [1.82, 2.24) is 20.1 Å². The van der Waals surface area contributed by atoms with Gasteiger partial charge in [-0.15, -0.1) is 11.3 Å². The third-order valence-corrected chi connectivity index (χ3v) is 4.62.